The summed E-state index contributed by atoms with van der Waals surface area (Å²) in [5.74, 6) is -1.45. The second-order valence-electron chi connectivity index (χ2n) is 5.28. The minimum absolute atomic E-state index is 0.133. The highest BCUT2D eigenvalue weighted by Crippen LogP contribution is 2.33. The molecule has 5 nitrogen and oxygen atoms in total. The molecule has 0 spiro atoms. The first-order valence-electron chi connectivity index (χ1n) is 7.11. The van der Waals surface area contributed by atoms with Crippen LogP contribution in [0.5, 0.6) is 0 Å². The number of nitrogens with zero attached hydrogens (tertiary/aromatic N) is 1. The largest absolute Gasteiger partial charge is 0.478 e. The first-order chi connectivity index (χ1) is 10.9. The van der Waals surface area contributed by atoms with Gasteiger partial charge in [0, 0.05) is 29.4 Å². The van der Waals surface area contributed by atoms with Gasteiger partial charge in [0.25, 0.3) is 0 Å². The molecule has 2 atom stereocenters. The van der Waals surface area contributed by atoms with Crippen LogP contribution in [-0.4, -0.2) is 47.4 Å². The van der Waals surface area contributed by atoms with Crippen molar-refractivity contribution in [3.8, 4) is 0 Å². The molecule has 1 aliphatic rings. The standard InChI is InChI=1S/C16H18ClNO4S/c1-22-16(21)15(11-4-2-3-5-12(11)17)18-7-6-13(23)10(9-18)8-14(19)20/h2-5,8,13,15,23H,6-7,9H2,1H3,(H,19,20)/b10-8-/t13-,15-/m0/s1. The minimum atomic E-state index is -1.02. The van der Waals surface area contributed by atoms with Crippen molar-refractivity contribution in [2.45, 2.75) is 17.7 Å². The lowest BCUT2D eigenvalue weighted by Crippen LogP contribution is -2.42. The Morgan fingerprint density at radius 1 is 1.48 bits per heavy atom. The summed E-state index contributed by atoms with van der Waals surface area (Å²) in [6, 6.07) is 6.40. The molecular weight excluding hydrogens is 338 g/mol. The van der Waals surface area contributed by atoms with Crippen molar-refractivity contribution in [2.24, 2.45) is 0 Å². The molecule has 1 fully saturated rings. The number of hydrogen-bond acceptors (Lipinski definition) is 5. The molecule has 124 valence electrons. The Labute approximate surface area is 145 Å². The minimum Gasteiger partial charge on any atom is -0.478 e. The van der Waals surface area contributed by atoms with E-state index in [2.05, 4.69) is 12.6 Å². The van der Waals surface area contributed by atoms with E-state index in [-0.39, 0.29) is 5.25 Å². The van der Waals surface area contributed by atoms with Gasteiger partial charge in [-0.1, -0.05) is 29.8 Å². The molecule has 1 N–H and O–H groups in total. The molecule has 1 saturated heterocycles. The monoisotopic (exact) mass is 355 g/mol. The number of ether oxygens (including phenoxy) is 1. The highest BCUT2D eigenvalue weighted by Gasteiger charge is 2.34. The fourth-order valence-corrected chi connectivity index (χ4v) is 3.21. The summed E-state index contributed by atoms with van der Waals surface area (Å²) in [5.41, 5.74) is 1.31. The van der Waals surface area contributed by atoms with Crippen LogP contribution in [0.3, 0.4) is 0 Å². The maximum atomic E-state index is 12.3. The molecule has 1 aliphatic heterocycles. The second kappa shape index (κ2) is 7.86. The van der Waals surface area contributed by atoms with Gasteiger partial charge >= 0.3 is 11.9 Å². The number of thiol groups is 1. The van der Waals surface area contributed by atoms with Crippen LogP contribution in [0, 0.1) is 0 Å². The zero-order valence-electron chi connectivity index (χ0n) is 12.6. The van der Waals surface area contributed by atoms with Crippen molar-refractivity contribution in [1.29, 1.82) is 0 Å². The van der Waals surface area contributed by atoms with Gasteiger partial charge in [-0.2, -0.15) is 12.6 Å². The van der Waals surface area contributed by atoms with E-state index in [1.54, 1.807) is 24.3 Å². The molecule has 0 aliphatic carbocycles. The summed E-state index contributed by atoms with van der Waals surface area (Å²) in [7, 11) is 1.32. The third kappa shape index (κ3) is 4.28. The molecule has 1 heterocycles. The van der Waals surface area contributed by atoms with E-state index in [1.807, 2.05) is 4.90 Å². The van der Waals surface area contributed by atoms with Gasteiger partial charge in [-0.05, 0) is 23.6 Å². The van der Waals surface area contributed by atoms with Crippen LogP contribution < -0.4 is 0 Å². The number of benzene rings is 1. The van der Waals surface area contributed by atoms with Gasteiger partial charge in [0.2, 0.25) is 0 Å². The summed E-state index contributed by atoms with van der Waals surface area (Å²) >= 11 is 10.7. The third-order valence-electron chi connectivity index (χ3n) is 3.80. The lowest BCUT2D eigenvalue weighted by Gasteiger charge is -2.36. The van der Waals surface area contributed by atoms with Crippen LogP contribution in [0.2, 0.25) is 5.02 Å². The van der Waals surface area contributed by atoms with Crippen LogP contribution in [0.4, 0.5) is 0 Å². The van der Waals surface area contributed by atoms with E-state index in [4.69, 9.17) is 21.4 Å². The number of methoxy groups -OCH3 is 1. The van der Waals surface area contributed by atoms with Crippen LogP contribution in [0.15, 0.2) is 35.9 Å². The fourth-order valence-electron chi connectivity index (χ4n) is 2.69. The summed E-state index contributed by atoms with van der Waals surface area (Å²) < 4.78 is 4.92. The molecular formula is C16H18ClNO4S. The number of halogens is 1. The van der Waals surface area contributed by atoms with Gasteiger partial charge in [0.05, 0.1) is 7.11 Å². The zero-order chi connectivity index (χ0) is 17.0. The predicted octanol–water partition coefficient (Wildman–Crippen LogP) is 2.57. The maximum absolute atomic E-state index is 12.3. The predicted molar refractivity (Wildman–Crippen MR) is 90.9 cm³/mol. The summed E-state index contributed by atoms with van der Waals surface area (Å²) in [6.07, 6.45) is 1.80. The van der Waals surface area contributed by atoms with Gasteiger partial charge in [-0.25, -0.2) is 9.59 Å². The van der Waals surface area contributed by atoms with Gasteiger partial charge in [0.1, 0.15) is 6.04 Å². The molecule has 1 aromatic carbocycles. The van der Waals surface area contributed by atoms with Crippen molar-refractivity contribution in [1.82, 2.24) is 4.90 Å². The normalized spacial score (nSPS) is 21.9. The van der Waals surface area contributed by atoms with Gasteiger partial charge in [-0.15, -0.1) is 0 Å². The van der Waals surface area contributed by atoms with E-state index in [9.17, 15) is 9.59 Å². The molecule has 0 amide bonds. The molecule has 1 aromatic rings. The number of rotatable bonds is 4. The number of carboxylic acids is 1. The van der Waals surface area contributed by atoms with Crippen molar-refractivity contribution >= 4 is 36.2 Å². The molecule has 0 radical (unpaired) electrons. The zero-order valence-corrected chi connectivity index (χ0v) is 14.3. The fraction of sp³-hybridized carbons (Fsp3) is 0.375. The number of esters is 1. The van der Waals surface area contributed by atoms with Crippen LogP contribution >= 0.6 is 24.2 Å². The summed E-state index contributed by atoms with van der Waals surface area (Å²) in [4.78, 5) is 25.1. The maximum Gasteiger partial charge on any atom is 0.328 e. The summed E-state index contributed by atoms with van der Waals surface area (Å²) in [5, 5.41) is 9.32. The Balaban J connectivity index is 2.35. The SMILES string of the molecule is COC(=O)[C@H](c1ccccc1Cl)N1CC[C@H](S)/C(=C\C(=O)O)C1. The Hall–Kier alpha value is -1.50. The molecule has 7 heteroatoms. The van der Waals surface area contributed by atoms with Crippen molar-refractivity contribution < 1.29 is 19.4 Å². The average molecular weight is 356 g/mol. The topological polar surface area (TPSA) is 66.8 Å². The Bertz CT molecular complexity index is 634. The third-order valence-corrected chi connectivity index (χ3v) is 4.74. The average Bonchev–Trinajstić information content (AvgIpc) is 2.51. The molecule has 23 heavy (non-hydrogen) atoms. The van der Waals surface area contributed by atoms with Crippen molar-refractivity contribution in [3.63, 3.8) is 0 Å². The number of carboxylic acid groups (broad SMARTS) is 1. The number of carbonyl (C=O) groups is 2. The number of hydrogen-bond donors (Lipinski definition) is 2. The Kier molecular flexibility index (Phi) is 6.10. The highest BCUT2D eigenvalue weighted by atomic mass is 35.5. The Morgan fingerprint density at radius 3 is 2.78 bits per heavy atom. The van der Waals surface area contributed by atoms with Crippen molar-refractivity contribution in [2.75, 3.05) is 20.2 Å². The van der Waals surface area contributed by atoms with Gasteiger partial charge < -0.3 is 9.84 Å². The van der Waals surface area contributed by atoms with Crippen LogP contribution in [0.1, 0.15) is 18.0 Å². The number of piperidine rings is 1. The lowest BCUT2D eigenvalue weighted by molar-refractivity contribution is -0.147. The number of likely N-dealkylation sites (tertiary alicyclic amines) is 1. The molecule has 0 bridgehead atoms. The van der Waals surface area contributed by atoms with E-state index in [0.29, 0.717) is 35.7 Å². The second-order valence-corrected chi connectivity index (χ2v) is 6.31. The summed E-state index contributed by atoms with van der Waals surface area (Å²) in [6.45, 7) is 0.918. The van der Waals surface area contributed by atoms with Crippen LogP contribution in [0.25, 0.3) is 0 Å². The molecule has 0 saturated carbocycles. The highest BCUT2D eigenvalue weighted by molar-refractivity contribution is 7.81. The Morgan fingerprint density at radius 2 is 2.17 bits per heavy atom. The first-order valence-corrected chi connectivity index (χ1v) is 8.01. The van der Waals surface area contributed by atoms with E-state index in [0.717, 1.165) is 6.08 Å². The molecule has 0 aromatic heterocycles. The number of aliphatic carboxylic acids is 1. The molecule has 2 rings (SSSR count). The van der Waals surface area contributed by atoms with Gasteiger partial charge in [-0.3, -0.25) is 4.90 Å². The van der Waals surface area contributed by atoms with Gasteiger partial charge in [0.15, 0.2) is 0 Å². The van der Waals surface area contributed by atoms with E-state index in [1.165, 1.54) is 7.11 Å². The smallest absolute Gasteiger partial charge is 0.328 e. The first kappa shape index (κ1) is 17.8. The lowest BCUT2D eigenvalue weighted by atomic mass is 9.98. The number of carbonyl (C=O) groups excluding carboxylic acids is 1. The van der Waals surface area contributed by atoms with Crippen molar-refractivity contribution in [3.05, 3.63) is 46.5 Å². The van der Waals surface area contributed by atoms with Crippen LogP contribution in [-0.2, 0) is 14.3 Å². The van der Waals surface area contributed by atoms with E-state index >= 15 is 0 Å². The quantitative estimate of drug-likeness (QED) is 0.493. The van der Waals surface area contributed by atoms with E-state index < -0.39 is 18.0 Å². The molecule has 0 unspecified atom stereocenters.